The molecule has 56 valence electrons. The van der Waals surface area contributed by atoms with E-state index >= 15 is 0 Å². The highest BCUT2D eigenvalue weighted by Gasteiger charge is 2.11. The molecule has 1 N–H and O–H groups in total. The van der Waals surface area contributed by atoms with E-state index in [2.05, 4.69) is 12.2 Å². The van der Waals surface area contributed by atoms with Crippen LogP contribution in [0.4, 0.5) is 0 Å². The number of halogens is 1. The van der Waals surface area contributed by atoms with E-state index in [0.29, 0.717) is 6.23 Å². The zero-order valence-electron chi connectivity index (χ0n) is 5.72. The van der Waals surface area contributed by atoms with Gasteiger partial charge in [0.1, 0.15) is 6.23 Å². The maximum absolute atomic E-state index is 5.28. The average molecular weight is 152 g/mol. The molecule has 0 spiro atoms. The summed E-state index contributed by atoms with van der Waals surface area (Å²) in [5, 5.41) is 3.24. The van der Waals surface area contributed by atoms with Crippen LogP contribution in [0.2, 0.25) is 0 Å². The molecule has 0 bridgehead atoms. The average Bonchev–Trinajstić information content (AvgIpc) is 2.19. The first-order valence-electron chi connectivity index (χ1n) is 3.28. The number of hydrogen-bond acceptors (Lipinski definition) is 2. The van der Waals surface area contributed by atoms with E-state index in [9.17, 15) is 0 Å². The minimum Gasteiger partial charge on any atom is -0.362 e. The fraction of sp³-hybridized carbons (Fsp3) is 1.00. The molecule has 1 aliphatic heterocycles. The predicted octanol–water partition coefficient (Wildman–Crippen LogP) is 1.15. The molecular formula is C6H14ClNO. The molecule has 1 heterocycles. The van der Waals surface area contributed by atoms with Gasteiger partial charge in [-0.1, -0.05) is 13.3 Å². The van der Waals surface area contributed by atoms with Crippen molar-refractivity contribution in [1.82, 2.24) is 5.32 Å². The van der Waals surface area contributed by atoms with Crippen molar-refractivity contribution in [3.8, 4) is 0 Å². The van der Waals surface area contributed by atoms with Gasteiger partial charge in [0.2, 0.25) is 0 Å². The van der Waals surface area contributed by atoms with Crippen LogP contribution >= 0.6 is 12.4 Å². The van der Waals surface area contributed by atoms with Crippen molar-refractivity contribution >= 4 is 12.4 Å². The van der Waals surface area contributed by atoms with Crippen LogP contribution in [0.3, 0.4) is 0 Å². The highest BCUT2D eigenvalue weighted by atomic mass is 35.5. The minimum atomic E-state index is 0. The second-order valence-corrected chi connectivity index (χ2v) is 2.10. The summed E-state index contributed by atoms with van der Waals surface area (Å²) in [7, 11) is 0. The number of nitrogens with one attached hydrogen (secondary N) is 1. The van der Waals surface area contributed by atoms with Gasteiger partial charge < -0.3 is 4.74 Å². The Morgan fingerprint density at radius 2 is 2.44 bits per heavy atom. The first-order chi connectivity index (χ1) is 3.93. The van der Waals surface area contributed by atoms with Crippen LogP contribution in [-0.4, -0.2) is 19.4 Å². The first kappa shape index (κ1) is 9.21. The van der Waals surface area contributed by atoms with Gasteiger partial charge in [0.05, 0.1) is 6.61 Å². The standard InChI is InChI=1S/C6H13NO.ClH/c1-2-3-6-7-4-5-8-6;/h6-7H,2-5H2,1H3;1H. The van der Waals surface area contributed by atoms with Crippen LogP contribution in [0.1, 0.15) is 19.8 Å². The Morgan fingerprint density at radius 1 is 1.67 bits per heavy atom. The van der Waals surface area contributed by atoms with Gasteiger partial charge >= 0.3 is 0 Å². The van der Waals surface area contributed by atoms with Crippen molar-refractivity contribution in [2.24, 2.45) is 0 Å². The summed E-state index contributed by atoms with van der Waals surface area (Å²) < 4.78 is 5.28. The summed E-state index contributed by atoms with van der Waals surface area (Å²) in [6, 6.07) is 0. The van der Waals surface area contributed by atoms with Crippen LogP contribution < -0.4 is 5.32 Å². The first-order valence-corrected chi connectivity index (χ1v) is 3.28. The summed E-state index contributed by atoms with van der Waals surface area (Å²) in [5.74, 6) is 0. The molecule has 2 nitrogen and oxygen atoms in total. The van der Waals surface area contributed by atoms with E-state index in [4.69, 9.17) is 4.74 Å². The van der Waals surface area contributed by atoms with Crippen LogP contribution in [0.5, 0.6) is 0 Å². The zero-order valence-corrected chi connectivity index (χ0v) is 6.54. The minimum absolute atomic E-state index is 0. The van der Waals surface area contributed by atoms with Crippen molar-refractivity contribution in [3.63, 3.8) is 0 Å². The molecule has 1 rings (SSSR count). The van der Waals surface area contributed by atoms with Gasteiger partial charge in [-0.25, -0.2) is 0 Å². The van der Waals surface area contributed by atoms with Crippen LogP contribution in [0.15, 0.2) is 0 Å². The fourth-order valence-electron chi connectivity index (χ4n) is 0.928. The van der Waals surface area contributed by atoms with E-state index in [0.717, 1.165) is 19.6 Å². The van der Waals surface area contributed by atoms with Gasteiger partial charge in [0, 0.05) is 6.54 Å². The summed E-state index contributed by atoms with van der Waals surface area (Å²) in [5.41, 5.74) is 0. The van der Waals surface area contributed by atoms with E-state index in [-0.39, 0.29) is 12.4 Å². The van der Waals surface area contributed by atoms with E-state index < -0.39 is 0 Å². The molecule has 3 heteroatoms. The third kappa shape index (κ3) is 3.04. The second-order valence-electron chi connectivity index (χ2n) is 2.10. The maximum Gasteiger partial charge on any atom is 0.108 e. The smallest absolute Gasteiger partial charge is 0.108 e. The molecule has 0 radical (unpaired) electrons. The van der Waals surface area contributed by atoms with Crippen molar-refractivity contribution in [1.29, 1.82) is 0 Å². The third-order valence-electron chi connectivity index (χ3n) is 1.34. The van der Waals surface area contributed by atoms with Crippen LogP contribution in [-0.2, 0) is 4.74 Å². The number of rotatable bonds is 2. The lowest BCUT2D eigenvalue weighted by Crippen LogP contribution is -2.21. The van der Waals surface area contributed by atoms with E-state index in [1.165, 1.54) is 6.42 Å². The monoisotopic (exact) mass is 151 g/mol. The zero-order chi connectivity index (χ0) is 5.82. The molecule has 0 saturated carbocycles. The maximum atomic E-state index is 5.28. The lowest BCUT2D eigenvalue weighted by molar-refractivity contribution is 0.0937. The molecule has 9 heavy (non-hydrogen) atoms. The molecule has 0 aromatic rings. The Bertz CT molecular complexity index is 64.1. The quantitative estimate of drug-likeness (QED) is 0.640. The summed E-state index contributed by atoms with van der Waals surface area (Å²) in [6.07, 6.45) is 2.72. The van der Waals surface area contributed by atoms with Crippen molar-refractivity contribution in [2.75, 3.05) is 13.2 Å². The Labute approximate surface area is 62.4 Å². The molecule has 1 atom stereocenters. The predicted molar refractivity (Wildman–Crippen MR) is 39.9 cm³/mol. The molecule has 0 aromatic carbocycles. The number of hydrogen-bond donors (Lipinski definition) is 1. The van der Waals surface area contributed by atoms with E-state index in [1.54, 1.807) is 0 Å². The number of ether oxygens (including phenoxy) is 1. The van der Waals surface area contributed by atoms with Crippen LogP contribution in [0, 0.1) is 0 Å². The van der Waals surface area contributed by atoms with E-state index in [1.807, 2.05) is 0 Å². The Kier molecular flexibility index (Phi) is 5.15. The van der Waals surface area contributed by atoms with Gasteiger partial charge in [-0.15, -0.1) is 12.4 Å². The van der Waals surface area contributed by atoms with Crippen molar-refractivity contribution in [2.45, 2.75) is 26.0 Å². The Balaban J connectivity index is 0.000000640. The van der Waals surface area contributed by atoms with Crippen molar-refractivity contribution < 1.29 is 4.74 Å². The molecular weight excluding hydrogens is 138 g/mol. The Morgan fingerprint density at radius 3 is 2.89 bits per heavy atom. The van der Waals surface area contributed by atoms with Crippen LogP contribution in [0.25, 0.3) is 0 Å². The van der Waals surface area contributed by atoms with Gasteiger partial charge in [-0.2, -0.15) is 0 Å². The lowest BCUT2D eigenvalue weighted by Gasteiger charge is -2.05. The van der Waals surface area contributed by atoms with Crippen molar-refractivity contribution in [3.05, 3.63) is 0 Å². The van der Waals surface area contributed by atoms with Gasteiger partial charge in [0.15, 0.2) is 0 Å². The van der Waals surface area contributed by atoms with Gasteiger partial charge in [0.25, 0.3) is 0 Å². The fourth-order valence-corrected chi connectivity index (χ4v) is 0.928. The molecule has 0 amide bonds. The normalized spacial score (nSPS) is 25.7. The topological polar surface area (TPSA) is 21.3 Å². The SMILES string of the molecule is CCCC1NCCO1.Cl. The summed E-state index contributed by atoms with van der Waals surface area (Å²) in [4.78, 5) is 0. The highest BCUT2D eigenvalue weighted by molar-refractivity contribution is 5.85. The second kappa shape index (κ2) is 5.03. The molecule has 1 unspecified atom stereocenters. The van der Waals surface area contributed by atoms with Gasteiger partial charge in [-0.05, 0) is 6.42 Å². The van der Waals surface area contributed by atoms with Gasteiger partial charge in [-0.3, -0.25) is 5.32 Å². The molecule has 1 fully saturated rings. The third-order valence-corrected chi connectivity index (χ3v) is 1.34. The summed E-state index contributed by atoms with van der Waals surface area (Å²) in [6.45, 7) is 4.10. The molecule has 0 aromatic heterocycles. The summed E-state index contributed by atoms with van der Waals surface area (Å²) >= 11 is 0. The molecule has 1 aliphatic rings. The Hall–Kier alpha value is 0.210. The molecule has 1 saturated heterocycles. The molecule has 0 aliphatic carbocycles. The lowest BCUT2D eigenvalue weighted by atomic mass is 10.3. The highest BCUT2D eigenvalue weighted by Crippen LogP contribution is 2.01. The largest absolute Gasteiger partial charge is 0.362 e.